The molecule has 0 N–H and O–H groups in total. The van der Waals surface area contributed by atoms with Gasteiger partial charge in [0.25, 0.3) is 5.56 Å². The molecule has 27 heavy (non-hydrogen) atoms. The fourth-order valence-electron chi connectivity index (χ4n) is 2.88. The number of methoxy groups -OCH3 is 2. The average molecular weight is 383 g/mol. The molecule has 8 heteroatoms. The van der Waals surface area contributed by atoms with Gasteiger partial charge >= 0.3 is 0 Å². The summed E-state index contributed by atoms with van der Waals surface area (Å²) in [5.41, 5.74) is 1.59. The lowest BCUT2D eigenvalue weighted by Gasteiger charge is -2.10. The Bertz CT molecular complexity index is 1140. The van der Waals surface area contributed by atoms with Gasteiger partial charge in [0, 0.05) is 6.07 Å². The first-order chi connectivity index (χ1) is 13.1. The van der Waals surface area contributed by atoms with Crippen molar-refractivity contribution in [2.24, 2.45) is 0 Å². The molecular formula is C19H17N3O4S. The van der Waals surface area contributed by atoms with Gasteiger partial charge in [-0.2, -0.15) is 5.10 Å². The molecule has 4 rings (SSSR count). The molecule has 3 aromatic heterocycles. The minimum atomic E-state index is -0.244. The Morgan fingerprint density at radius 3 is 2.56 bits per heavy atom. The van der Waals surface area contributed by atoms with Crippen LogP contribution in [-0.4, -0.2) is 29.0 Å². The zero-order valence-electron chi connectivity index (χ0n) is 15.1. The van der Waals surface area contributed by atoms with E-state index in [4.69, 9.17) is 13.9 Å². The van der Waals surface area contributed by atoms with Gasteiger partial charge in [-0.15, -0.1) is 11.3 Å². The first-order valence-corrected chi connectivity index (χ1v) is 9.05. The van der Waals surface area contributed by atoms with Crippen molar-refractivity contribution in [3.8, 4) is 23.0 Å². The topological polar surface area (TPSA) is 79.4 Å². The van der Waals surface area contributed by atoms with Gasteiger partial charge in [-0.3, -0.25) is 4.79 Å². The van der Waals surface area contributed by atoms with Gasteiger partial charge < -0.3 is 13.9 Å². The average Bonchev–Trinajstić information content (AvgIpc) is 3.33. The monoisotopic (exact) mass is 383 g/mol. The maximum absolute atomic E-state index is 12.9. The molecule has 0 aliphatic heterocycles. The highest BCUT2D eigenvalue weighted by Gasteiger charge is 2.18. The highest BCUT2D eigenvalue weighted by molar-refractivity contribution is 7.19. The van der Waals surface area contributed by atoms with Crippen LogP contribution in [0.3, 0.4) is 0 Å². The standard InChI is InChI=1S/C19H17N3O4S/c1-11-20-17-18(27-11)16(15-5-4-6-26-15)21-22(19(17)23)10-12-7-13(24-2)9-14(8-12)25-3/h4-9H,10H2,1-3H3. The van der Waals surface area contributed by atoms with Gasteiger partial charge in [-0.05, 0) is 36.8 Å². The number of hydrogen-bond donors (Lipinski definition) is 0. The van der Waals surface area contributed by atoms with Crippen LogP contribution in [0.4, 0.5) is 0 Å². The van der Waals surface area contributed by atoms with E-state index in [-0.39, 0.29) is 12.1 Å². The molecule has 0 radical (unpaired) electrons. The molecule has 7 nitrogen and oxygen atoms in total. The van der Waals surface area contributed by atoms with Gasteiger partial charge in [0.15, 0.2) is 11.3 Å². The lowest BCUT2D eigenvalue weighted by Crippen LogP contribution is -2.24. The Hall–Kier alpha value is -3.13. The van der Waals surface area contributed by atoms with Crippen LogP contribution in [0.5, 0.6) is 11.5 Å². The van der Waals surface area contributed by atoms with Crippen molar-refractivity contribution in [1.82, 2.24) is 14.8 Å². The molecule has 1 aromatic carbocycles. The minimum Gasteiger partial charge on any atom is -0.497 e. The van der Waals surface area contributed by atoms with Crippen molar-refractivity contribution < 1.29 is 13.9 Å². The Labute approximate surface area is 158 Å². The van der Waals surface area contributed by atoms with Crippen molar-refractivity contribution in [2.45, 2.75) is 13.5 Å². The molecule has 0 unspecified atom stereocenters. The van der Waals surface area contributed by atoms with Gasteiger partial charge in [0.05, 0.1) is 36.7 Å². The number of aryl methyl sites for hydroxylation is 1. The quantitative estimate of drug-likeness (QED) is 0.525. The van der Waals surface area contributed by atoms with Crippen LogP contribution in [-0.2, 0) is 6.54 Å². The first kappa shape index (κ1) is 17.3. The van der Waals surface area contributed by atoms with Gasteiger partial charge in [-0.25, -0.2) is 9.67 Å². The summed E-state index contributed by atoms with van der Waals surface area (Å²) in [6.45, 7) is 2.12. The Morgan fingerprint density at radius 1 is 1.19 bits per heavy atom. The van der Waals surface area contributed by atoms with Gasteiger partial charge in [0.1, 0.15) is 17.2 Å². The molecule has 4 aromatic rings. The number of rotatable bonds is 5. The molecular weight excluding hydrogens is 366 g/mol. The van der Waals surface area contributed by atoms with E-state index in [0.717, 1.165) is 15.3 Å². The SMILES string of the molecule is COc1cc(Cn2nc(-c3ccco3)c3sc(C)nc3c2=O)cc(OC)c1. The van der Waals surface area contributed by atoms with Crippen molar-refractivity contribution >= 4 is 21.6 Å². The van der Waals surface area contributed by atoms with Crippen molar-refractivity contribution in [3.05, 3.63) is 57.5 Å². The van der Waals surface area contributed by atoms with E-state index in [0.29, 0.717) is 28.5 Å². The number of nitrogens with zero attached hydrogens (tertiary/aromatic N) is 3. The van der Waals surface area contributed by atoms with Gasteiger partial charge in [0.2, 0.25) is 0 Å². The predicted octanol–water partition coefficient (Wildman–Crippen LogP) is 3.49. The number of thiazole rings is 1. The highest BCUT2D eigenvalue weighted by Crippen LogP contribution is 2.30. The number of benzene rings is 1. The Balaban J connectivity index is 1.88. The summed E-state index contributed by atoms with van der Waals surface area (Å²) >= 11 is 1.43. The lowest BCUT2D eigenvalue weighted by atomic mass is 10.2. The fourth-order valence-corrected chi connectivity index (χ4v) is 3.78. The third kappa shape index (κ3) is 3.19. The molecule has 138 valence electrons. The van der Waals surface area contributed by atoms with Crippen LogP contribution in [0.1, 0.15) is 10.6 Å². The van der Waals surface area contributed by atoms with E-state index in [1.54, 1.807) is 32.6 Å². The van der Waals surface area contributed by atoms with Crippen LogP contribution in [0.15, 0.2) is 45.8 Å². The molecule has 0 spiro atoms. The Kier molecular flexibility index (Phi) is 4.41. The summed E-state index contributed by atoms with van der Waals surface area (Å²) < 4.78 is 18.3. The van der Waals surface area contributed by atoms with Crippen LogP contribution < -0.4 is 15.0 Å². The number of ether oxygens (including phenoxy) is 2. The normalized spacial score (nSPS) is 11.1. The van der Waals surface area contributed by atoms with Gasteiger partial charge in [-0.1, -0.05) is 0 Å². The molecule has 0 aliphatic rings. The van der Waals surface area contributed by atoms with Crippen molar-refractivity contribution in [3.63, 3.8) is 0 Å². The molecule has 0 amide bonds. The number of hydrogen-bond acceptors (Lipinski definition) is 7. The number of fused-ring (bicyclic) bond motifs is 1. The molecule has 0 bridgehead atoms. The second-order valence-electron chi connectivity index (χ2n) is 5.92. The summed E-state index contributed by atoms with van der Waals surface area (Å²) in [5, 5.41) is 5.36. The molecule has 0 aliphatic carbocycles. The first-order valence-electron chi connectivity index (χ1n) is 8.23. The third-order valence-electron chi connectivity index (χ3n) is 4.11. The summed E-state index contributed by atoms with van der Waals surface area (Å²) in [6.07, 6.45) is 1.58. The third-order valence-corrected chi connectivity index (χ3v) is 5.08. The molecule has 3 heterocycles. The minimum absolute atomic E-state index is 0.244. The maximum atomic E-state index is 12.9. The highest BCUT2D eigenvalue weighted by atomic mass is 32.1. The predicted molar refractivity (Wildman–Crippen MR) is 103 cm³/mol. The second-order valence-corrected chi connectivity index (χ2v) is 7.12. The van der Waals surface area contributed by atoms with E-state index in [1.165, 1.54) is 16.0 Å². The van der Waals surface area contributed by atoms with Crippen molar-refractivity contribution in [2.75, 3.05) is 14.2 Å². The van der Waals surface area contributed by atoms with Crippen LogP contribution >= 0.6 is 11.3 Å². The summed E-state index contributed by atoms with van der Waals surface area (Å²) in [4.78, 5) is 17.3. The Morgan fingerprint density at radius 2 is 1.93 bits per heavy atom. The molecule has 0 fully saturated rings. The van der Waals surface area contributed by atoms with Crippen LogP contribution in [0, 0.1) is 6.92 Å². The van der Waals surface area contributed by atoms with E-state index in [9.17, 15) is 4.79 Å². The van der Waals surface area contributed by atoms with E-state index in [1.807, 2.05) is 25.1 Å². The van der Waals surface area contributed by atoms with Crippen LogP contribution in [0.25, 0.3) is 21.7 Å². The zero-order valence-corrected chi connectivity index (χ0v) is 15.9. The number of aromatic nitrogens is 3. The molecule has 0 saturated heterocycles. The smallest absolute Gasteiger partial charge is 0.294 e. The zero-order chi connectivity index (χ0) is 19.0. The summed E-state index contributed by atoms with van der Waals surface area (Å²) in [7, 11) is 3.17. The lowest BCUT2D eigenvalue weighted by molar-refractivity contribution is 0.393. The molecule has 0 saturated carbocycles. The van der Waals surface area contributed by atoms with E-state index >= 15 is 0 Å². The number of furan rings is 1. The van der Waals surface area contributed by atoms with Crippen molar-refractivity contribution in [1.29, 1.82) is 0 Å². The fraction of sp³-hybridized carbons (Fsp3) is 0.211. The maximum Gasteiger partial charge on any atom is 0.294 e. The summed E-state index contributed by atoms with van der Waals surface area (Å²) in [5.74, 6) is 1.89. The van der Waals surface area contributed by atoms with E-state index < -0.39 is 0 Å². The van der Waals surface area contributed by atoms with Crippen LogP contribution in [0.2, 0.25) is 0 Å². The summed E-state index contributed by atoms with van der Waals surface area (Å²) in [6, 6.07) is 9.08. The second kappa shape index (κ2) is 6.88. The molecule has 0 atom stereocenters. The largest absolute Gasteiger partial charge is 0.497 e. The van der Waals surface area contributed by atoms with E-state index in [2.05, 4.69) is 10.1 Å².